The van der Waals surface area contributed by atoms with Crippen LogP contribution in [0.3, 0.4) is 0 Å². The first kappa shape index (κ1) is 21.2. The van der Waals surface area contributed by atoms with E-state index in [2.05, 4.69) is 10.1 Å². The molecule has 2 rings (SSSR count). The third-order valence-electron chi connectivity index (χ3n) is 3.54. The molecule has 0 aliphatic heterocycles. The average molecular weight is 431 g/mol. The van der Waals surface area contributed by atoms with Crippen LogP contribution >= 0.6 is 23.2 Å². The molecular weight excluding hydrogens is 415 g/mol. The smallest absolute Gasteiger partial charge is 0.339 e. The quantitative estimate of drug-likeness (QED) is 0.710. The SMILES string of the molecule is COC(=O)c1cc(NC(=O)CN(C)S(=O)(=O)c2ccc(Cl)cc2)ccc1Cl. The summed E-state index contributed by atoms with van der Waals surface area (Å²) >= 11 is 11.7. The van der Waals surface area contributed by atoms with E-state index in [-0.39, 0.29) is 21.2 Å². The van der Waals surface area contributed by atoms with Gasteiger partial charge in [0.2, 0.25) is 15.9 Å². The number of sulfonamides is 1. The average Bonchev–Trinajstić information content (AvgIpc) is 2.62. The number of carbonyl (C=O) groups is 2. The predicted molar refractivity (Wildman–Crippen MR) is 103 cm³/mol. The number of methoxy groups -OCH3 is 1. The summed E-state index contributed by atoms with van der Waals surface area (Å²) in [7, 11) is -1.36. The molecule has 1 N–H and O–H groups in total. The molecule has 27 heavy (non-hydrogen) atoms. The molecular formula is C17H16Cl2N2O5S. The Morgan fingerprint density at radius 2 is 1.74 bits per heavy atom. The number of likely N-dealkylation sites (N-methyl/N-ethyl adjacent to an activating group) is 1. The molecule has 0 fully saturated rings. The van der Waals surface area contributed by atoms with Crippen LogP contribution in [0.1, 0.15) is 10.4 Å². The monoisotopic (exact) mass is 430 g/mol. The number of carbonyl (C=O) groups excluding carboxylic acids is 2. The molecule has 0 radical (unpaired) electrons. The van der Waals surface area contributed by atoms with E-state index in [0.29, 0.717) is 5.02 Å². The summed E-state index contributed by atoms with van der Waals surface area (Å²) in [5.41, 5.74) is 0.362. The van der Waals surface area contributed by atoms with Crippen molar-refractivity contribution in [3.63, 3.8) is 0 Å². The minimum Gasteiger partial charge on any atom is -0.465 e. The van der Waals surface area contributed by atoms with Gasteiger partial charge in [-0.15, -0.1) is 0 Å². The van der Waals surface area contributed by atoms with Gasteiger partial charge in [0.05, 0.1) is 29.1 Å². The maximum atomic E-state index is 12.5. The molecule has 10 heteroatoms. The number of ether oxygens (including phenoxy) is 1. The highest BCUT2D eigenvalue weighted by molar-refractivity contribution is 7.89. The molecule has 2 aromatic rings. The number of benzene rings is 2. The number of anilines is 1. The van der Waals surface area contributed by atoms with E-state index in [9.17, 15) is 18.0 Å². The lowest BCUT2D eigenvalue weighted by atomic mass is 10.2. The number of amides is 1. The zero-order valence-electron chi connectivity index (χ0n) is 14.4. The fourth-order valence-corrected chi connectivity index (χ4v) is 3.59. The second kappa shape index (κ2) is 8.71. The summed E-state index contributed by atoms with van der Waals surface area (Å²) in [5, 5.41) is 3.09. The van der Waals surface area contributed by atoms with Crippen molar-refractivity contribution in [2.45, 2.75) is 4.90 Å². The number of rotatable bonds is 6. The first-order chi connectivity index (χ1) is 12.6. The molecule has 0 unspecified atom stereocenters. The second-order valence-corrected chi connectivity index (χ2v) is 8.34. The first-order valence-electron chi connectivity index (χ1n) is 7.55. The number of halogens is 2. The second-order valence-electron chi connectivity index (χ2n) is 5.45. The van der Waals surface area contributed by atoms with Gasteiger partial charge in [0, 0.05) is 17.8 Å². The van der Waals surface area contributed by atoms with E-state index >= 15 is 0 Å². The fraction of sp³-hybridized carbons (Fsp3) is 0.176. The highest BCUT2D eigenvalue weighted by Crippen LogP contribution is 2.22. The lowest BCUT2D eigenvalue weighted by molar-refractivity contribution is -0.116. The number of hydrogen-bond acceptors (Lipinski definition) is 5. The van der Waals surface area contributed by atoms with E-state index in [1.165, 1.54) is 56.6 Å². The van der Waals surface area contributed by atoms with Crippen LogP contribution in [0.5, 0.6) is 0 Å². The number of nitrogens with zero attached hydrogens (tertiary/aromatic N) is 1. The van der Waals surface area contributed by atoms with Crippen molar-refractivity contribution in [3.8, 4) is 0 Å². The minimum absolute atomic E-state index is 0.0154. The molecule has 0 aliphatic carbocycles. The maximum Gasteiger partial charge on any atom is 0.339 e. The summed E-state index contributed by atoms with van der Waals surface area (Å²) in [5.74, 6) is -1.24. The molecule has 0 saturated carbocycles. The van der Waals surface area contributed by atoms with Crippen LogP contribution in [0.4, 0.5) is 5.69 Å². The lowest BCUT2D eigenvalue weighted by Crippen LogP contribution is -2.35. The molecule has 0 heterocycles. The molecule has 7 nitrogen and oxygen atoms in total. The van der Waals surface area contributed by atoms with Crippen LogP contribution in [0.15, 0.2) is 47.4 Å². The highest BCUT2D eigenvalue weighted by Gasteiger charge is 2.23. The van der Waals surface area contributed by atoms with Gasteiger partial charge in [-0.2, -0.15) is 4.31 Å². The van der Waals surface area contributed by atoms with E-state index in [1.807, 2.05) is 0 Å². The van der Waals surface area contributed by atoms with Crippen molar-refractivity contribution in [3.05, 3.63) is 58.1 Å². The molecule has 144 valence electrons. The number of hydrogen-bond donors (Lipinski definition) is 1. The van der Waals surface area contributed by atoms with Gasteiger partial charge in [-0.1, -0.05) is 23.2 Å². The van der Waals surface area contributed by atoms with Gasteiger partial charge >= 0.3 is 5.97 Å². The van der Waals surface area contributed by atoms with Crippen molar-refractivity contribution < 1.29 is 22.7 Å². The van der Waals surface area contributed by atoms with Gasteiger partial charge in [-0.25, -0.2) is 13.2 Å². The van der Waals surface area contributed by atoms with Crippen LogP contribution in [-0.4, -0.2) is 45.3 Å². The molecule has 0 saturated heterocycles. The molecule has 0 atom stereocenters. The lowest BCUT2D eigenvalue weighted by Gasteiger charge is -2.17. The largest absolute Gasteiger partial charge is 0.465 e. The van der Waals surface area contributed by atoms with Gasteiger partial charge < -0.3 is 10.1 Å². The summed E-state index contributed by atoms with van der Waals surface area (Å²) in [4.78, 5) is 23.9. The van der Waals surface area contributed by atoms with Crippen molar-refractivity contribution in [2.75, 3.05) is 26.0 Å². The Kier molecular flexibility index (Phi) is 6.83. The first-order valence-corrected chi connectivity index (χ1v) is 9.74. The van der Waals surface area contributed by atoms with Gasteiger partial charge in [-0.3, -0.25) is 4.79 Å². The van der Waals surface area contributed by atoms with Crippen molar-refractivity contribution in [2.24, 2.45) is 0 Å². The van der Waals surface area contributed by atoms with E-state index in [0.717, 1.165) is 4.31 Å². The van der Waals surface area contributed by atoms with Crippen LogP contribution in [0.2, 0.25) is 10.0 Å². The van der Waals surface area contributed by atoms with Crippen LogP contribution in [0, 0.1) is 0 Å². The van der Waals surface area contributed by atoms with Crippen molar-refractivity contribution >= 4 is 50.8 Å². The van der Waals surface area contributed by atoms with Crippen LogP contribution in [-0.2, 0) is 19.6 Å². The van der Waals surface area contributed by atoms with Crippen molar-refractivity contribution in [1.29, 1.82) is 0 Å². The summed E-state index contributed by atoms with van der Waals surface area (Å²) < 4.78 is 30.5. The van der Waals surface area contributed by atoms with Gasteiger partial charge in [0.1, 0.15) is 0 Å². The van der Waals surface area contributed by atoms with Gasteiger partial charge in [0.15, 0.2) is 0 Å². The predicted octanol–water partition coefficient (Wildman–Crippen LogP) is 3.04. The number of esters is 1. The Labute approximate surface area is 166 Å². The standard InChI is InChI=1S/C17H16Cl2N2O5S/c1-21(27(24,25)13-6-3-11(18)4-7-13)10-16(22)20-12-5-8-15(19)14(9-12)17(23)26-2/h3-9H,10H2,1-2H3,(H,20,22). The topological polar surface area (TPSA) is 92.8 Å². The Morgan fingerprint density at radius 3 is 2.33 bits per heavy atom. The Balaban J connectivity index is 2.11. The number of nitrogens with one attached hydrogen (secondary N) is 1. The Bertz CT molecular complexity index is 962. The van der Waals surface area contributed by atoms with E-state index < -0.39 is 28.4 Å². The zero-order chi connectivity index (χ0) is 20.2. The third-order valence-corrected chi connectivity index (χ3v) is 5.94. The normalized spacial score (nSPS) is 11.3. The molecule has 0 aromatic heterocycles. The molecule has 2 aromatic carbocycles. The summed E-state index contributed by atoms with van der Waals surface area (Å²) in [6.45, 7) is -0.429. The molecule has 0 spiro atoms. The fourth-order valence-electron chi connectivity index (χ4n) is 2.14. The Hall–Kier alpha value is -2.13. The molecule has 0 bridgehead atoms. The zero-order valence-corrected chi connectivity index (χ0v) is 16.7. The summed E-state index contributed by atoms with van der Waals surface area (Å²) in [6.07, 6.45) is 0. The third kappa shape index (κ3) is 5.20. The molecule has 1 amide bonds. The van der Waals surface area contributed by atoms with Gasteiger partial charge in [0.25, 0.3) is 0 Å². The minimum atomic E-state index is -3.86. The summed E-state index contributed by atoms with van der Waals surface area (Å²) in [6, 6.07) is 9.87. The van der Waals surface area contributed by atoms with E-state index in [4.69, 9.17) is 23.2 Å². The van der Waals surface area contributed by atoms with Crippen LogP contribution in [0.25, 0.3) is 0 Å². The van der Waals surface area contributed by atoms with Crippen molar-refractivity contribution in [1.82, 2.24) is 4.31 Å². The van der Waals surface area contributed by atoms with E-state index in [1.54, 1.807) is 0 Å². The van der Waals surface area contributed by atoms with Crippen LogP contribution < -0.4 is 5.32 Å². The molecule has 0 aliphatic rings. The Morgan fingerprint density at radius 1 is 1.11 bits per heavy atom. The highest BCUT2D eigenvalue weighted by atomic mass is 35.5. The maximum absolute atomic E-state index is 12.5. The van der Waals surface area contributed by atoms with Gasteiger partial charge in [-0.05, 0) is 42.5 Å².